The minimum Gasteiger partial charge on any atom is -0.478 e. The summed E-state index contributed by atoms with van der Waals surface area (Å²) >= 11 is 1.54. The van der Waals surface area contributed by atoms with E-state index in [2.05, 4.69) is 4.72 Å². The molecule has 3 nitrogen and oxygen atoms in total. The molecular weight excluding hydrogens is 186 g/mol. The monoisotopic (exact) mass is 197 g/mol. The summed E-state index contributed by atoms with van der Waals surface area (Å²) in [6, 6.07) is 6.85. The Balaban J connectivity index is 2.64. The molecule has 0 radical (unpaired) electrons. The van der Waals surface area contributed by atoms with E-state index in [0.717, 1.165) is 12.1 Å². The predicted octanol–water partition coefficient (Wildman–Crippen LogP) is 1.75. The SMILES string of the molecule is CSNCc1ccc(C(=O)O)cc1. The van der Waals surface area contributed by atoms with Crippen molar-refractivity contribution in [3.63, 3.8) is 0 Å². The lowest BCUT2D eigenvalue weighted by Gasteiger charge is -2.01. The van der Waals surface area contributed by atoms with Gasteiger partial charge in [-0.1, -0.05) is 24.1 Å². The fourth-order valence-electron chi connectivity index (χ4n) is 0.921. The Labute approximate surface area is 81.3 Å². The second kappa shape index (κ2) is 4.89. The van der Waals surface area contributed by atoms with Crippen LogP contribution in [0.4, 0.5) is 0 Å². The van der Waals surface area contributed by atoms with Gasteiger partial charge in [-0.15, -0.1) is 0 Å². The molecule has 0 spiro atoms. The highest BCUT2D eigenvalue weighted by molar-refractivity contribution is 7.96. The fourth-order valence-corrected chi connectivity index (χ4v) is 1.23. The molecule has 0 saturated carbocycles. The van der Waals surface area contributed by atoms with Crippen molar-refractivity contribution in [2.45, 2.75) is 6.54 Å². The lowest BCUT2D eigenvalue weighted by molar-refractivity contribution is 0.0697. The van der Waals surface area contributed by atoms with Gasteiger partial charge in [0.2, 0.25) is 0 Å². The molecule has 0 atom stereocenters. The van der Waals surface area contributed by atoms with E-state index in [-0.39, 0.29) is 0 Å². The number of nitrogens with one attached hydrogen (secondary N) is 1. The maximum Gasteiger partial charge on any atom is 0.335 e. The summed E-state index contributed by atoms with van der Waals surface area (Å²) in [5.74, 6) is -0.885. The quantitative estimate of drug-likeness (QED) is 0.722. The smallest absolute Gasteiger partial charge is 0.335 e. The first-order valence-electron chi connectivity index (χ1n) is 3.82. The van der Waals surface area contributed by atoms with Gasteiger partial charge in [0.25, 0.3) is 0 Å². The fraction of sp³-hybridized carbons (Fsp3) is 0.222. The summed E-state index contributed by atoms with van der Waals surface area (Å²) in [7, 11) is 0. The van der Waals surface area contributed by atoms with E-state index in [0.29, 0.717) is 5.56 Å². The summed E-state index contributed by atoms with van der Waals surface area (Å²) in [6.07, 6.45) is 1.95. The summed E-state index contributed by atoms with van der Waals surface area (Å²) in [6.45, 7) is 0.751. The van der Waals surface area contributed by atoms with Crippen LogP contribution >= 0.6 is 11.9 Å². The zero-order valence-electron chi connectivity index (χ0n) is 7.28. The zero-order valence-corrected chi connectivity index (χ0v) is 8.10. The molecule has 2 N–H and O–H groups in total. The van der Waals surface area contributed by atoms with E-state index >= 15 is 0 Å². The predicted molar refractivity (Wildman–Crippen MR) is 53.8 cm³/mol. The summed E-state index contributed by atoms with van der Waals surface area (Å²) in [5.41, 5.74) is 1.41. The van der Waals surface area contributed by atoms with E-state index in [9.17, 15) is 4.79 Å². The molecule has 4 heteroatoms. The van der Waals surface area contributed by atoms with Gasteiger partial charge in [0, 0.05) is 6.54 Å². The number of hydrogen-bond acceptors (Lipinski definition) is 3. The summed E-state index contributed by atoms with van der Waals surface area (Å²) < 4.78 is 3.08. The van der Waals surface area contributed by atoms with E-state index < -0.39 is 5.97 Å². The first kappa shape index (κ1) is 10.1. The van der Waals surface area contributed by atoms with Crippen LogP contribution in [-0.4, -0.2) is 17.3 Å². The maximum atomic E-state index is 10.5. The number of carboxylic acids is 1. The molecule has 0 saturated heterocycles. The Morgan fingerprint density at radius 1 is 1.46 bits per heavy atom. The van der Waals surface area contributed by atoms with Gasteiger partial charge in [0.15, 0.2) is 0 Å². The standard InChI is InChI=1S/C9H11NO2S/c1-13-10-6-7-2-4-8(5-3-7)9(11)12/h2-5,10H,6H2,1H3,(H,11,12). The highest BCUT2D eigenvalue weighted by Crippen LogP contribution is 2.04. The first-order chi connectivity index (χ1) is 6.24. The van der Waals surface area contributed by atoms with Gasteiger partial charge in [-0.05, 0) is 24.0 Å². The average molecular weight is 197 g/mol. The lowest BCUT2D eigenvalue weighted by atomic mass is 10.1. The third kappa shape index (κ3) is 3.08. The van der Waals surface area contributed by atoms with Gasteiger partial charge in [-0.2, -0.15) is 0 Å². The average Bonchev–Trinajstić information content (AvgIpc) is 2.15. The number of carboxylic acid groups (broad SMARTS) is 1. The molecular formula is C9H11NO2S. The van der Waals surface area contributed by atoms with Crippen molar-refractivity contribution in [2.75, 3.05) is 6.26 Å². The normalized spacial score (nSPS) is 9.92. The van der Waals surface area contributed by atoms with E-state index in [1.807, 2.05) is 18.4 Å². The number of hydrogen-bond donors (Lipinski definition) is 2. The first-order valence-corrected chi connectivity index (χ1v) is 5.04. The van der Waals surface area contributed by atoms with Crippen molar-refractivity contribution in [1.29, 1.82) is 0 Å². The van der Waals surface area contributed by atoms with Gasteiger partial charge < -0.3 is 5.11 Å². The van der Waals surface area contributed by atoms with Crippen LogP contribution in [0.15, 0.2) is 24.3 Å². The highest BCUT2D eigenvalue weighted by atomic mass is 32.2. The van der Waals surface area contributed by atoms with Gasteiger partial charge in [0.05, 0.1) is 5.56 Å². The maximum absolute atomic E-state index is 10.5. The molecule has 0 bridgehead atoms. The number of benzene rings is 1. The number of aromatic carboxylic acids is 1. The third-order valence-corrected chi connectivity index (χ3v) is 2.05. The topological polar surface area (TPSA) is 49.3 Å². The molecule has 1 aromatic carbocycles. The molecule has 0 aliphatic carbocycles. The minimum atomic E-state index is -0.885. The summed E-state index contributed by atoms with van der Waals surface area (Å²) in [5, 5.41) is 8.63. The lowest BCUT2D eigenvalue weighted by Crippen LogP contribution is -2.02. The van der Waals surface area contributed by atoms with E-state index in [1.54, 1.807) is 24.1 Å². The van der Waals surface area contributed by atoms with Crippen molar-refractivity contribution in [3.05, 3.63) is 35.4 Å². The number of rotatable bonds is 4. The van der Waals surface area contributed by atoms with Crippen LogP contribution < -0.4 is 4.72 Å². The van der Waals surface area contributed by atoms with E-state index in [1.165, 1.54) is 0 Å². The van der Waals surface area contributed by atoms with Gasteiger partial charge >= 0.3 is 5.97 Å². The molecule has 1 rings (SSSR count). The molecule has 0 heterocycles. The van der Waals surface area contributed by atoms with Crippen LogP contribution in [-0.2, 0) is 6.54 Å². The van der Waals surface area contributed by atoms with Crippen LogP contribution in [0, 0.1) is 0 Å². The highest BCUT2D eigenvalue weighted by Gasteiger charge is 2.00. The van der Waals surface area contributed by atoms with Gasteiger partial charge in [0.1, 0.15) is 0 Å². The Kier molecular flexibility index (Phi) is 3.79. The molecule has 13 heavy (non-hydrogen) atoms. The second-order valence-electron chi connectivity index (χ2n) is 2.53. The van der Waals surface area contributed by atoms with Crippen molar-refractivity contribution in [3.8, 4) is 0 Å². The Bertz CT molecular complexity index is 284. The van der Waals surface area contributed by atoms with Gasteiger partial charge in [-0.25, -0.2) is 4.79 Å². The molecule has 0 aliphatic heterocycles. The molecule has 0 unspecified atom stereocenters. The molecule has 0 aliphatic rings. The second-order valence-corrected chi connectivity index (χ2v) is 3.22. The Morgan fingerprint density at radius 2 is 2.08 bits per heavy atom. The van der Waals surface area contributed by atoms with E-state index in [4.69, 9.17) is 5.11 Å². The van der Waals surface area contributed by atoms with Crippen LogP contribution in [0.2, 0.25) is 0 Å². The zero-order chi connectivity index (χ0) is 9.68. The largest absolute Gasteiger partial charge is 0.478 e. The minimum absolute atomic E-state index is 0.327. The van der Waals surface area contributed by atoms with Crippen LogP contribution in [0.25, 0.3) is 0 Å². The number of carbonyl (C=O) groups is 1. The van der Waals surface area contributed by atoms with Gasteiger partial charge in [-0.3, -0.25) is 4.72 Å². The third-order valence-electron chi connectivity index (χ3n) is 1.62. The van der Waals surface area contributed by atoms with Crippen LogP contribution in [0.3, 0.4) is 0 Å². The summed E-state index contributed by atoms with van der Waals surface area (Å²) in [4.78, 5) is 10.5. The Morgan fingerprint density at radius 3 is 2.54 bits per heavy atom. The van der Waals surface area contributed by atoms with Crippen LogP contribution in [0.5, 0.6) is 0 Å². The van der Waals surface area contributed by atoms with Crippen LogP contribution in [0.1, 0.15) is 15.9 Å². The molecule has 1 aromatic rings. The van der Waals surface area contributed by atoms with Crippen molar-refractivity contribution in [1.82, 2.24) is 4.72 Å². The van der Waals surface area contributed by atoms with Crippen molar-refractivity contribution in [2.24, 2.45) is 0 Å². The molecule has 70 valence electrons. The molecule has 0 amide bonds. The van der Waals surface area contributed by atoms with Crippen molar-refractivity contribution < 1.29 is 9.90 Å². The Hall–Kier alpha value is -1.00. The molecule has 0 fully saturated rings. The van der Waals surface area contributed by atoms with Crippen molar-refractivity contribution >= 4 is 17.9 Å². The molecule has 0 aromatic heterocycles.